The lowest BCUT2D eigenvalue weighted by Crippen LogP contribution is -2.14. The summed E-state index contributed by atoms with van der Waals surface area (Å²) in [4.78, 5) is 19.6. The number of nitrogens with one attached hydrogen (secondary N) is 1. The van der Waals surface area contributed by atoms with Crippen LogP contribution in [0.5, 0.6) is 0 Å². The van der Waals surface area contributed by atoms with Gasteiger partial charge >= 0.3 is 0 Å². The number of carbonyl (C=O) groups excluding carboxylic acids is 1. The fourth-order valence-electron chi connectivity index (χ4n) is 1.32. The fraction of sp³-hybridized carbons (Fsp3) is 0. The Kier molecular flexibility index (Phi) is 4.47. The highest BCUT2D eigenvalue weighted by molar-refractivity contribution is 6.43. The first-order chi connectivity index (χ1) is 9.00. The van der Waals surface area contributed by atoms with Crippen LogP contribution in [0.15, 0.2) is 24.5 Å². The Hall–Kier alpha value is -1.07. The second-order valence-electron chi connectivity index (χ2n) is 3.38. The number of carbonyl (C=O) groups is 1. The molecule has 0 saturated carbocycles. The van der Waals surface area contributed by atoms with Gasteiger partial charge in [-0.1, -0.05) is 52.5 Å². The Morgan fingerprint density at radius 1 is 1.05 bits per heavy atom. The number of rotatable bonds is 2. The second kappa shape index (κ2) is 5.92. The van der Waals surface area contributed by atoms with E-state index in [1.807, 2.05) is 0 Å². The van der Waals surface area contributed by atoms with Crippen molar-refractivity contribution in [1.82, 2.24) is 9.97 Å². The molecule has 0 aliphatic carbocycles. The normalized spacial score (nSPS) is 10.3. The van der Waals surface area contributed by atoms with Crippen LogP contribution in [0.3, 0.4) is 0 Å². The lowest BCUT2D eigenvalue weighted by Gasteiger charge is -2.08. The third kappa shape index (κ3) is 3.09. The van der Waals surface area contributed by atoms with E-state index in [2.05, 4.69) is 15.3 Å². The Morgan fingerprint density at radius 2 is 1.68 bits per heavy atom. The summed E-state index contributed by atoms with van der Waals surface area (Å²) in [5, 5.41) is 3.00. The number of halogens is 4. The van der Waals surface area contributed by atoms with E-state index in [0.717, 1.165) is 0 Å². The molecule has 1 heterocycles. The summed E-state index contributed by atoms with van der Waals surface area (Å²) >= 11 is 23.4. The number of nitrogens with zero attached hydrogens (tertiary/aromatic N) is 2. The van der Waals surface area contributed by atoms with Gasteiger partial charge in [-0.05, 0) is 12.1 Å². The van der Waals surface area contributed by atoms with E-state index in [0.29, 0.717) is 0 Å². The Morgan fingerprint density at radius 3 is 2.32 bits per heavy atom. The molecule has 0 bridgehead atoms. The van der Waals surface area contributed by atoms with Crippen LogP contribution in [0.25, 0.3) is 0 Å². The molecule has 0 aliphatic rings. The quantitative estimate of drug-likeness (QED) is 0.830. The standard InChI is InChI=1S/C11H5Cl4N3O/c12-5-2-1-3-6(13)7(5)11(19)18-10-8(14)9(15)16-4-17-10/h1-4H,(H,16,17,18,19). The van der Waals surface area contributed by atoms with Crippen molar-refractivity contribution in [3.63, 3.8) is 0 Å². The van der Waals surface area contributed by atoms with Crippen molar-refractivity contribution in [3.05, 3.63) is 50.3 Å². The van der Waals surface area contributed by atoms with Crippen LogP contribution in [0.2, 0.25) is 20.2 Å². The minimum Gasteiger partial charge on any atom is -0.305 e. The predicted molar refractivity (Wildman–Crippen MR) is 76.5 cm³/mol. The van der Waals surface area contributed by atoms with Crippen molar-refractivity contribution in [2.24, 2.45) is 0 Å². The minimum absolute atomic E-state index is 0.0391. The van der Waals surface area contributed by atoms with Crippen LogP contribution in [0.4, 0.5) is 5.82 Å². The van der Waals surface area contributed by atoms with Crippen molar-refractivity contribution >= 4 is 58.1 Å². The van der Waals surface area contributed by atoms with Crippen LogP contribution in [0, 0.1) is 0 Å². The molecule has 19 heavy (non-hydrogen) atoms. The molecule has 0 unspecified atom stereocenters. The highest BCUT2D eigenvalue weighted by Crippen LogP contribution is 2.28. The number of aromatic nitrogens is 2. The zero-order chi connectivity index (χ0) is 14.0. The van der Waals surface area contributed by atoms with Gasteiger partial charge in [-0.25, -0.2) is 9.97 Å². The lowest BCUT2D eigenvalue weighted by molar-refractivity contribution is 0.102. The van der Waals surface area contributed by atoms with Crippen molar-refractivity contribution in [1.29, 1.82) is 0 Å². The average molecular weight is 337 g/mol. The monoisotopic (exact) mass is 335 g/mol. The van der Waals surface area contributed by atoms with E-state index in [4.69, 9.17) is 46.4 Å². The van der Waals surface area contributed by atoms with Crippen LogP contribution >= 0.6 is 46.4 Å². The zero-order valence-electron chi connectivity index (χ0n) is 9.12. The van der Waals surface area contributed by atoms with E-state index in [-0.39, 0.29) is 31.6 Å². The smallest absolute Gasteiger partial charge is 0.259 e. The van der Waals surface area contributed by atoms with Gasteiger partial charge in [-0.15, -0.1) is 0 Å². The molecule has 1 amide bonds. The molecular formula is C11H5Cl4N3O. The lowest BCUT2D eigenvalue weighted by atomic mass is 10.2. The van der Waals surface area contributed by atoms with Gasteiger partial charge in [-0.2, -0.15) is 0 Å². The molecule has 1 aromatic carbocycles. The summed E-state index contributed by atoms with van der Waals surface area (Å²) in [6.45, 7) is 0. The van der Waals surface area contributed by atoms with Gasteiger partial charge in [0.05, 0.1) is 15.6 Å². The molecular weight excluding hydrogens is 332 g/mol. The molecule has 0 radical (unpaired) electrons. The molecule has 0 spiro atoms. The van der Waals surface area contributed by atoms with E-state index < -0.39 is 5.91 Å². The summed E-state index contributed by atoms with van der Waals surface area (Å²) in [6, 6.07) is 4.74. The summed E-state index contributed by atoms with van der Waals surface area (Å²) in [7, 11) is 0. The molecule has 0 saturated heterocycles. The fourth-order valence-corrected chi connectivity index (χ4v) is 2.17. The molecule has 98 valence electrons. The van der Waals surface area contributed by atoms with Crippen molar-refractivity contribution in [3.8, 4) is 0 Å². The predicted octanol–water partition coefficient (Wildman–Crippen LogP) is 4.34. The maximum atomic E-state index is 12.1. The molecule has 2 rings (SSSR count). The van der Waals surface area contributed by atoms with Gasteiger partial charge in [0.2, 0.25) is 0 Å². The maximum absolute atomic E-state index is 12.1. The van der Waals surface area contributed by atoms with Crippen LogP contribution in [-0.4, -0.2) is 15.9 Å². The molecule has 4 nitrogen and oxygen atoms in total. The third-order valence-electron chi connectivity index (χ3n) is 2.17. The Bertz CT molecular complexity index is 628. The molecule has 1 N–H and O–H groups in total. The highest BCUT2D eigenvalue weighted by Gasteiger charge is 2.17. The second-order valence-corrected chi connectivity index (χ2v) is 4.93. The van der Waals surface area contributed by atoms with E-state index in [1.165, 1.54) is 6.33 Å². The summed E-state index contributed by atoms with van der Waals surface area (Å²) in [6.07, 6.45) is 1.18. The van der Waals surface area contributed by atoms with Crippen molar-refractivity contribution in [2.75, 3.05) is 5.32 Å². The Labute approximate surface area is 128 Å². The largest absolute Gasteiger partial charge is 0.305 e. The molecule has 0 aliphatic heterocycles. The minimum atomic E-state index is -0.535. The number of anilines is 1. The van der Waals surface area contributed by atoms with E-state index in [1.54, 1.807) is 18.2 Å². The average Bonchev–Trinajstić information content (AvgIpc) is 2.35. The molecule has 2 aromatic rings. The number of hydrogen-bond acceptors (Lipinski definition) is 3. The van der Waals surface area contributed by atoms with Gasteiger partial charge < -0.3 is 5.32 Å². The first-order valence-corrected chi connectivity index (χ1v) is 6.43. The zero-order valence-corrected chi connectivity index (χ0v) is 12.1. The number of benzene rings is 1. The summed E-state index contributed by atoms with van der Waals surface area (Å²) in [5.74, 6) is -0.449. The highest BCUT2D eigenvalue weighted by atomic mass is 35.5. The van der Waals surface area contributed by atoms with Gasteiger partial charge in [0, 0.05) is 0 Å². The first-order valence-electron chi connectivity index (χ1n) is 4.92. The topological polar surface area (TPSA) is 54.9 Å². The third-order valence-corrected chi connectivity index (χ3v) is 3.54. The maximum Gasteiger partial charge on any atom is 0.259 e. The van der Waals surface area contributed by atoms with Crippen molar-refractivity contribution < 1.29 is 4.79 Å². The van der Waals surface area contributed by atoms with E-state index >= 15 is 0 Å². The van der Waals surface area contributed by atoms with Crippen LogP contribution in [0.1, 0.15) is 10.4 Å². The van der Waals surface area contributed by atoms with Crippen molar-refractivity contribution in [2.45, 2.75) is 0 Å². The first kappa shape index (κ1) is 14.3. The van der Waals surface area contributed by atoms with Gasteiger partial charge in [0.15, 0.2) is 11.0 Å². The van der Waals surface area contributed by atoms with Crippen LogP contribution in [-0.2, 0) is 0 Å². The van der Waals surface area contributed by atoms with E-state index in [9.17, 15) is 4.79 Å². The van der Waals surface area contributed by atoms with Gasteiger partial charge in [0.1, 0.15) is 11.3 Å². The van der Waals surface area contributed by atoms with Crippen LogP contribution < -0.4 is 5.32 Å². The number of hydrogen-bond donors (Lipinski definition) is 1. The summed E-state index contributed by atoms with van der Waals surface area (Å²) in [5.41, 5.74) is 0.136. The summed E-state index contributed by atoms with van der Waals surface area (Å²) < 4.78 is 0. The SMILES string of the molecule is O=C(Nc1ncnc(Cl)c1Cl)c1c(Cl)cccc1Cl. The van der Waals surface area contributed by atoms with Gasteiger partial charge in [-0.3, -0.25) is 4.79 Å². The van der Waals surface area contributed by atoms with Gasteiger partial charge in [0.25, 0.3) is 5.91 Å². The molecule has 0 atom stereocenters. The molecule has 0 fully saturated rings. The Balaban J connectivity index is 2.34. The molecule has 1 aromatic heterocycles. The molecule has 8 heteroatoms. The number of amides is 1.